The Labute approximate surface area is 251 Å². The van der Waals surface area contributed by atoms with Gasteiger partial charge in [-0.2, -0.15) is 4.98 Å². The molecule has 4 aliphatic rings. The molecule has 1 N–H and O–H groups in total. The molecular formula is C33H39N9O. The monoisotopic (exact) mass is 577 g/mol. The third-order valence-electron chi connectivity index (χ3n) is 10.1. The lowest BCUT2D eigenvalue weighted by Gasteiger charge is -2.42. The van der Waals surface area contributed by atoms with Crippen molar-refractivity contribution in [2.45, 2.75) is 38.3 Å². The van der Waals surface area contributed by atoms with Crippen LogP contribution < -0.4 is 15.8 Å². The van der Waals surface area contributed by atoms with Crippen molar-refractivity contribution in [1.29, 1.82) is 0 Å². The summed E-state index contributed by atoms with van der Waals surface area (Å²) < 4.78 is 3.45. The van der Waals surface area contributed by atoms with E-state index in [1.807, 2.05) is 10.7 Å². The van der Waals surface area contributed by atoms with E-state index in [0.717, 1.165) is 55.2 Å². The molecule has 1 aromatic carbocycles. The van der Waals surface area contributed by atoms with Gasteiger partial charge in [-0.05, 0) is 73.5 Å². The van der Waals surface area contributed by atoms with Gasteiger partial charge in [0.1, 0.15) is 5.39 Å². The molecule has 3 fully saturated rings. The van der Waals surface area contributed by atoms with Crippen molar-refractivity contribution < 1.29 is 0 Å². The molecule has 10 nitrogen and oxygen atoms in total. The molecule has 3 saturated heterocycles. The van der Waals surface area contributed by atoms with E-state index in [0.29, 0.717) is 35.3 Å². The summed E-state index contributed by atoms with van der Waals surface area (Å²) in [5.41, 5.74) is 4.94. The van der Waals surface area contributed by atoms with Crippen LogP contribution in [0.25, 0.3) is 16.9 Å². The second-order valence-electron chi connectivity index (χ2n) is 13.0. The van der Waals surface area contributed by atoms with Gasteiger partial charge >= 0.3 is 0 Å². The number of nitrogens with one attached hydrogen (secondary N) is 1. The zero-order chi connectivity index (χ0) is 29.2. The first-order valence-electron chi connectivity index (χ1n) is 15.6. The Bertz CT molecular complexity index is 1740. The van der Waals surface area contributed by atoms with E-state index < -0.39 is 0 Å². The number of rotatable bonds is 7. The fourth-order valence-corrected chi connectivity index (χ4v) is 7.69. The van der Waals surface area contributed by atoms with E-state index in [4.69, 9.17) is 9.97 Å². The van der Waals surface area contributed by atoms with Crippen molar-refractivity contribution in [1.82, 2.24) is 34.1 Å². The molecule has 3 atom stereocenters. The minimum Gasteiger partial charge on any atom is -0.371 e. The van der Waals surface area contributed by atoms with Crippen LogP contribution in [0.2, 0.25) is 0 Å². The van der Waals surface area contributed by atoms with Gasteiger partial charge in [-0.1, -0.05) is 19.1 Å². The molecule has 0 radical (unpaired) electrons. The van der Waals surface area contributed by atoms with Gasteiger partial charge in [0, 0.05) is 68.6 Å². The molecule has 3 aliphatic heterocycles. The lowest BCUT2D eigenvalue weighted by molar-refractivity contribution is 0.0646. The number of fused-ring (bicyclic) bond motifs is 3. The van der Waals surface area contributed by atoms with Gasteiger partial charge in [-0.15, -0.1) is 6.58 Å². The molecule has 1 aliphatic carbocycles. The number of aryl methyl sites for hydroxylation is 1. The van der Waals surface area contributed by atoms with Crippen molar-refractivity contribution in [3.63, 3.8) is 0 Å². The molecule has 0 amide bonds. The predicted molar refractivity (Wildman–Crippen MR) is 170 cm³/mol. The molecular weight excluding hydrogens is 538 g/mol. The van der Waals surface area contributed by atoms with Gasteiger partial charge in [0.05, 0.1) is 6.54 Å². The Morgan fingerprint density at radius 3 is 2.49 bits per heavy atom. The maximum Gasteiger partial charge on any atom is 0.278 e. The third kappa shape index (κ3) is 4.55. The summed E-state index contributed by atoms with van der Waals surface area (Å²) in [6, 6.07) is 13.4. The fourth-order valence-electron chi connectivity index (χ4n) is 7.69. The number of pyridine rings is 1. The van der Waals surface area contributed by atoms with Crippen LogP contribution in [0.5, 0.6) is 0 Å². The van der Waals surface area contributed by atoms with Crippen LogP contribution >= 0.6 is 0 Å². The summed E-state index contributed by atoms with van der Waals surface area (Å²) in [7, 11) is 2.21. The SMILES string of the molecule is C=CCn1c(=O)c2cnc(Nc3ccc(N4C[C@@H]5CN(C6CN(C)C6)C[C@@H]5C4)cc3)nc2n1-c1ccc2c(n1)C(C)CC2. The van der Waals surface area contributed by atoms with Crippen LogP contribution in [0.15, 0.2) is 60.0 Å². The summed E-state index contributed by atoms with van der Waals surface area (Å²) in [6.45, 7) is 13.6. The minimum atomic E-state index is -0.153. The smallest absolute Gasteiger partial charge is 0.278 e. The summed E-state index contributed by atoms with van der Waals surface area (Å²) in [4.78, 5) is 35.4. The number of hydrogen-bond donors (Lipinski definition) is 1. The predicted octanol–water partition coefficient (Wildman–Crippen LogP) is 3.64. The normalized spacial score (nSPS) is 24.0. The van der Waals surface area contributed by atoms with Gasteiger partial charge in [0.15, 0.2) is 11.5 Å². The highest BCUT2D eigenvalue weighted by molar-refractivity contribution is 5.77. The van der Waals surface area contributed by atoms with Gasteiger partial charge in [0.2, 0.25) is 5.95 Å². The lowest BCUT2D eigenvalue weighted by Crippen LogP contribution is -2.57. The van der Waals surface area contributed by atoms with E-state index in [9.17, 15) is 4.79 Å². The molecule has 3 aromatic heterocycles. The summed E-state index contributed by atoms with van der Waals surface area (Å²) in [5, 5.41) is 3.82. The second kappa shape index (κ2) is 10.3. The first-order chi connectivity index (χ1) is 20.9. The molecule has 6 heterocycles. The molecule has 0 bridgehead atoms. The van der Waals surface area contributed by atoms with Crippen molar-refractivity contribution in [3.8, 4) is 5.82 Å². The summed E-state index contributed by atoms with van der Waals surface area (Å²) in [5.74, 6) is 3.05. The van der Waals surface area contributed by atoms with E-state index in [1.165, 1.54) is 37.4 Å². The zero-order valence-electron chi connectivity index (χ0n) is 25.0. The highest BCUT2D eigenvalue weighted by Gasteiger charge is 2.44. The molecule has 0 saturated carbocycles. The highest BCUT2D eigenvalue weighted by Crippen LogP contribution is 2.36. The summed E-state index contributed by atoms with van der Waals surface area (Å²) >= 11 is 0. The maximum atomic E-state index is 13.4. The van der Waals surface area contributed by atoms with Crippen molar-refractivity contribution in [2.75, 3.05) is 56.5 Å². The van der Waals surface area contributed by atoms with Crippen molar-refractivity contribution >= 4 is 28.4 Å². The van der Waals surface area contributed by atoms with Crippen LogP contribution in [0.1, 0.15) is 30.5 Å². The number of likely N-dealkylation sites (N-methyl/N-ethyl adjacent to an activating group) is 1. The first kappa shape index (κ1) is 26.6. The quantitative estimate of drug-likeness (QED) is 0.333. The number of anilines is 3. The Morgan fingerprint density at radius 2 is 1.77 bits per heavy atom. The number of aromatic nitrogens is 5. The average molecular weight is 578 g/mol. The van der Waals surface area contributed by atoms with Crippen molar-refractivity contribution in [3.05, 3.63) is 76.9 Å². The Hall–Kier alpha value is -4.02. The third-order valence-corrected chi connectivity index (χ3v) is 10.1. The van der Waals surface area contributed by atoms with Crippen molar-refractivity contribution in [2.24, 2.45) is 11.8 Å². The number of hydrogen-bond acceptors (Lipinski definition) is 8. The number of nitrogens with zero attached hydrogens (tertiary/aromatic N) is 8. The van der Waals surface area contributed by atoms with Crippen LogP contribution in [-0.2, 0) is 13.0 Å². The van der Waals surface area contributed by atoms with Gasteiger partial charge in [-0.3, -0.25) is 9.69 Å². The number of likely N-dealkylation sites (tertiary alicyclic amines) is 2. The van der Waals surface area contributed by atoms with E-state index in [1.54, 1.807) is 17.0 Å². The molecule has 10 heteroatoms. The Morgan fingerprint density at radius 1 is 1.00 bits per heavy atom. The van der Waals surface area contributed by atoms with Crippen LogP contribution in [-0.4, -0.2) is 86.5 Å². The molecule has 8 rings (SSSR count). The molecule has 1 unspecified atom stereocenters. The maximum absolute atomic E-state index is 13.4. The van der Waals surface area contributed by atoms with Gasteiger partial charge in [-0.25, -0.2) is 19.3 Å². The minimum absolute atomic E-state index is 0.153. The largest absolute Gasteiger partial charge is 0.371 e. The number of allylic oxidation sites excluding steroid dienone is 1. The standard InChI is InChI=1S/C33H39N9O/c1-4-13-41-32(43)28-14-34-33(37-31(28)42(41)29-12-7-22-6-5-21(2)30(22)36-29)35-25-8-10-26(11-9-25)39-15-23-17-40(18-24(23)16-39)27-19-38(3)20-27/h4,7-12,14,21,23-24,27H,1,5-6,13,15-20H2,2-3H3,(H,34,35,37)/t21?,23-,24+. The lowest BCUT2D eigenvalue weighted by atomic mass is 10.0. The number of benzene rings is 1. The Balaban J connectivity index is 1.02. The van der Waals surface area contributed by atoms with E-state index in [2.05, 4.69) is 75.9 Å². The highest BCUT2D eigenvalue weighted by atomic mass is 16.1. The van der Waals surface area contributed by atoms with Crippen LogP contribution in [0, 0.1) is 11.8 Å². The first-order valence-corrected chi connectivity index (χ1v) is 15.6. The van der Waals surface area contributed by atoms with Crippen LogP contribution in [0.3, 0.4) is 0 Å². The zero-order valence-corrected chi connectivity index (χ0v) is 25.0. The summed E-state index contributed by atoms with van der Waals surface area (Å²) in [6.07, 6.45) is 5.47. The van der Waals surface area contributed by atoms with E-state index >= 15 is 0 Å². The molecule has 43 heavy (non-hydrogen) atoms. The molecule has 222 valence electrons. The molecule has 0 spiro atoms. The van der Waals surface area contributed by atoms with Crippen LogP contribution in [0.4, 0.5) is 17.3 Å². The fraction of sp³-hybridized carbons (Fsp3) is 0.455. The second-order valence-corrected chi connectivity index (χ2v) is 13.0. The average Bonchev–Trinajstić information content (AvgIpc) is 3.74. The topological polar surface area (TPSA) is 87.4 Å². The molecule has 4 aromatic rings. The van der Waals surface area contributed by atoms with Gasteiger partial charge in [0.25, 0.3) is 5.56 Å². The van der Waals surface area contributed by atoms with Gasteiger partial charge < -0.3 is 15.1 Å². The van der Waals surface area contributed by atoms with E-state index in [-0.39, 0.29) is 5.56 Å². The Kier molecular flexibility index (Phi) is 6.38.